The number of carbonyl (C=O) groups excluding carboxylic acids is 1. The first kappa shape index (κ1) is 17.2. The molecule has 3 heterocycles. The fourth-order valence-corrected chi connectivity index (χ4v) is 3.55. The summed E-state index contributed by atoms with van der Waals surface area (Å²) in [7, 11) is 0. The molecule has 1 N–H and O–H groups in total. The van der Waals surface area contributed by atoms with Crippen molar-refractivity contribution in [2.45, 2.75) is 32.5 Å². The highest BCUT2D eigenvalue weighted by Gasteiger charge is 2.23. The summed E-state index contributed by atoms with van der Waals surface area (Å²) in [5, 5.41) is 14.1. The number of benzene rings is 1. The number of rotatable bonds is 3. The number of amides is 1. The number of carbonyl (C=O) groups is 1. The summed E-state index contributed by atoms with van der Waals surface area (Å²) < 4.78 is 13.0. The van der Waals surface area contributed by atoms with Crippen LogP contribution in [0.1, 0.15) is 23.4 Å². The van der Waals surface area contributed by atoms with Crippen LogP contribution in [0.15, 0.2) is 18.2 Å². The molecule has 1 aromatic carbocycles. The molecule has 0 aliphatic carbocycles. The van der Waals surface area contributed by atoms with Gasteiger partial charge < -0.3 is 19.5 Å². The predicted molar refractivity (Wildman–Crippen MR) is 94.3 cm³/mol. The third kappa shape index (κ3) is 3.37. The van der Waals surface area contributed by atoms with Gasteiger partial charge in [-0.15, -0.1) is 0 Å². The molecule has 0 spiro atoms. The zero-order valence-electron chi connectivity index (χ0n) is 14.3. The molecule has 7 nitrogen and oxygen atoms in total. The Balaban J connectivity index is 1.51. The Labute approximate surface area is 156 Å². The normalized spacial score (nSPS) is 16.2. The molecule has 0 fully saturated rings. The maximum atomic E-state index is 12.8. The number of aromatic nitrogens is 2. The minimum Gasteiger partial charge on any atom is -0.486 e. The first-order valence-electron chi connectivity index (χ1n) is 8.66. The number of hydrogen-bond donors (Lipinski definition) is 1. The van der Waals surface area contributed by atoms with Gasteiger partial charge in [0.2, 0.25) is 5.91 Å². The van der Waals surface area contributed by atoms with Gasteiger partial charge in [-0.25, -0.2) is 0 Å². The van der Waals surface area contributed by atoms with Gasteiger partial charge in [-0.3, -0.25) is 9.48 Å². The van der Waals surface area contributed by atoms with Crippen molar-refractivity contribution < 1.29 is 19.4 Å². The smallest absolute Gasteiger partial charge is 0.227 e. The summed E-state index contributed by atoms with van der Waals surface area (Å²) in [5.74, 6) is 1.25. The van der Waals surface area contributed by atoms with Crippen LogP contribution in [-0.4, -0.2) is 45.5 Å². The standard InChI is InChI=1S/C18H20ClN3O4/c19-15-9-17-16(25-4-5-26-17)6-12(15)7-18(24)21-2-1-3-22-14(10-21)8-13(11-23)20-22/h6,8-9,23H,1-5,7,10-11H2. The molecule has 0 saturated heterocycles. The second-order valence-corrected chi connectivity index (χ2v) is 6.85. The summed E-state index contributed by atoms with van der Waals surface area (Å²) >= 11 is 6.33. The molecule has 0 atom stereocenters. The van der Waals surface area contributed by atoms with Crippen LogP contribution in [-0.2, 0) is 30.9 Å². The van der Waals surface area contributed by atoms with Crippen molar-refractivity contribution in [3.8, 4) is 11.5 Å². The van der Waals surface area contributed by atoms with Crippen LogP contribution >= 0.6 is 11.6 Å². The van der Waals surface area contributed by atoms with Crippen LogP contribution < -0.4 is 9.47 Å². The number of aryl methyl sites for hydroxylation is 1. The number of halogens is 1. The zero-order valence-corrected chi connectivity index (χ0v) is 15.0. The fourth-order valence-electron chi connectivity index (χ4n) is 3.33. The van der Waals surface area contributed by atoms with E-state index in [9.17, 15) is 9.90 Å². The van der Waals surface area contributed by atoms with E-state index in [4.69, 9.17) is 21.1 Å². The Hall–Kier alpha value is -2.25. The van der Waals surface area contributed by atoms with Crippen molar-refractivity contribution in [1.29, 1.82) is 0 Å². The summed E-state index contributed by atoms with van der Waals surface area (Å²) in [6.07, 6.45) is 1.02. The van der Waals surface area contributed by atoms with Gasteiger partial charge in [0.25, 0.3) is 0 Å². The van der Waals surface area contributed by atoms with Crippen LogP contribution in [0.5, 0.6) is 11.5 Å². The molecule has 26 heavy (non-hydrogen) atoms. The molecule has 1 aromatic heterocycles. The van der Waals surface area contributed by atoms with E-state index in [0.717, 1.165) is 24.2 Å². The highest BCUT2D eigenvalue weighted by molar-refractivity contribution is 6.31. The topological polar surface area (TPSA) is 76.8 Å². The zero-order chi connectivity index (χ0) is 18.1. The monoisotopic (exact) mass is 377 g/mol. The number of nitrogens with zero attached hydrogens (tertiary/aromatic N) is 3. The molecule has 2 aliphatic heterocycles. The second-order valence-electron chi connectivity index (χ2n) is 6.44. The first-order valence-corrected chi connectivity index (χ1v) is 9.04. The molecule has 0 unspecified atom stereocenters. The summed E-state index contributed by atoms with van der Waals surface area (Å²) in [6.45, 7) is 2.78. The molecule has 8 heteroatoms. The molecule has 0 saturated carbocycles. The van der Waals surface area contributed by atoms with Gasteiger partial charge in [0, 0.05) is 24.2 Å². The highest BCUT2D eigenvalue weighted by Crippen LogP contribution is 2.35. The number of aliphatic hydroxyl groups is 1. The first-order chi connectivity index (χ1) is 12.6. The van der Waals surface area contributed by atoms with Crippen molar-refractivity contribution in [3.63, 3.8) is 0 Å². The molecular formula is C18H20ClN3O4. The summed E-state index contributed by atoms with van der Waals surface area (Å²) in [5.41, 5.74) is 2.30. The van der Waals surface area contributed by atoms with Crippen LogP contribution in [0, 0.1) is 0 Å². The van der Waals surface area contributed by atoms with E-state index in [-0.39, 0.29) is 18.9 Å². The fraction of sp³-hybridized carbons (Fsp3) is 0.444. The van der Waals surface area contributed by atoms with Gasteiger partial charge in [-0.1, -0.05) is 11.6 Å². The molecule has 4 rings (SSSR count). The van der Waals surface area contributed by atoms with Crippen molar-refractivity contribution in [2.75, 3.05) is 19.8 Å². The van der Waals surface area contributed by atoms with Gasteiger partial charge >= 0.3 is 0 Å². The lowest BCUT2D eigenvalue weighted by Crippen LogP contribution is -2.32. The van der Waals surface area contributed by atoms with Gasteiger partial charge in [-0.05, 0) is 24.1 Å². The Morgan fingerprint density at radius 3 is 2.73 bits per heavy atom. The molecule has 0 bridgehead atoms. The Morgan fingerprint density at radius 2 is 1.96 bits per heavy atom. The summed E-state index contributed by atoms with van der Waals surface area (Å²) in [6, 6.07) is 5.35. The predicted octanol–water partition coefficient (Wildman–Crippen LogP) is 1.77. The second kappa shape index (κ2) is 7.17. The lowest BCUT2D eigenvalue weighted by molar-refractivity contribution is -0.131. The Kier molecular flexibility index (Phi) is 4.74. The minimum atomic E-state index is -0.0965. The number of hydrogen-bond acceptors (Lipinski definition) is 5. The van der Waals surface area contributed by atoms with Gasteiger partial charge in [0.15, 0.2) is 11.5 Å². The van der Waals surface area contributed by atoms with Crippen LogP contribution in [0.25, 0.3) is 0 Å². The molecule has 138 valence electrons. The molecule has 1 amide bonds. The van der Waals surface area contributed by atoms with E-state index in [1.165, 1.54) is 0 Å². The van der Waals surface area contributed by atoms with Crippen molar-refractivity contribution in [3.05, 3.63) is 40.2 Å². The van der Waals surface area contributed by atoms with E-state index in [2.05, 4.69) is 5.10 Å². The quantitative estimate of drug-likeness (QED) is 0.882. The van der Waals surface area contributed by atoms with Gasteiger partial charge in [-0.2, -0.15) is 5.10 Å². The maximum Gasteiger partial charge on any atom is 0.227 e. The SMILES string of the molecule is O=C(Cc1cc2c(cc1Cl)OCCO2)N1CCCn2nc(CO)cc2C1. The molecule has 2 aromatic rings. The maximum absolute atomic E-state index is 12.8. The largest absolute Gasteiger partial charge is 0.486 e. The average molecular weight is 378 g/mol. The average Bonchev–Trinajstić information content (AvgIpc) is 2.92. The number of fused-ring (bicyclic) bond motifs is 2. The van der Waals surface area contributed by atoms with E-state index < -0.39 is 0 Å². The number of aliphatic hydroxyl groups excluding tert-OH is 1. The van der Waals surface area contributed by atoms with Crippen LogP contribution in [0.4, 0.5) is 0 Å². The lowest BCUT2D eigenvalue weighted by Gasteiger charge is -2.22. The van der Waals surface area contributed by atoms with Crippen LogP contribution in [0.3, 0.4) is 0 Å². The third-order valence-electron chi connectivity index (χ3n) is 4.63. The Morgan fingerprint density at radius 1 is 1.19 bits per heavy atom. The van der Waals surface area contributed by atoms with Crippen molar-refractivity contribution >= 4 is 17.5 Å². The van der Waals surface area contributed by atoms with Crippen LogP contribution in [0.2, 0.25) is 5.02 Å². The number of ether oxygens (including phenoxy) is 2. The van der Waals surface area contributed by atoms with E-state index >= 15 is 0 Å². The lowest BCUT2D eigenvalue weighted by atomic mass is 10.1. The van der Waals surface area contributed by atoms with Crippen molar-refractivity contribution in [1.82, 2.24) is 14.7 Å². The summed E-state index contributed by atoms with van der Waals surface area (Å²) in [4.78, 5) is 14.7. The molecule has 2 aliphatic rings. The minimum absolute atomic E-state index is 0.00350. The van der Waals surface area contributed by atoms with Gasteiger partial charge in [0.1, 0.15) is 13.2 Å². The van der Waals surface area contributed by atoms with E-state index in [1.54, 1.807) is 12.1 Å². The van der Waals surface area contributed by atoms with Gasteiger partial charge in [0.05, 0.1) is 31.0 Å². The van der Waals surface area contributed by atoms with E-state index in [1.807, 2.05) is 15.6 Å². The molecule has 0 radical (unpaired) electrons. The highest BCUT2D eigenvalue weighted by atomic mass is 35.5. The third-order valence-corrected chi connectivity index (χ3v) is 4.98. The van der Waals surface area contributed by atoms with Crippen molar-refractivity contribution in [2.24, 2.45) is 0 Å². The molecular weight excluding hydrogens is 358 g/mol. The Bertz CT molecular complexity index is 836. The van der Waals surface area contributed by atoms with E-state index in [0.29, 0.717) is 48.5 Å².